The predicted octanol–water partition coefficient (Wildman–Crippen LogP) is 3.10. The van der Waals surface area contributed by atoms with Crippen molar-refractivity contribution in [2.45, 2.75) is 31.7 Å². The number of hydrogen-bond acceptors (Lipinski definition) is 9. The fourth-order valence-electron chi connectivity index (χ4n) is 5.52. The van der Waals surface area contributed by atoms with E-state index in [1.165, 1.54) is 12.1 Å². The van der Waals surface area contributed by atoms with Crippen molar-refractivity contribution in [1.82, 2.24) is 19.5 Å². The van der Waals surface area contributed by atoms with E-state index < -0.39 is 10.0 Å². The van der Waals surface area contributed by atoms with Crippen LogP contribution in [0.15, 0.2) is 30.3 Å². The lowest BCUT2D eigenvalue weighted by molar-refractivity contribution is 0.0607. The number of morpholine rings is 1. The molecular formula is C26H32ClN7O5S. The number of nitrogens with zero attached hydrogens (tertiary/aromatic N) is 6. The van der Waals surface area contributed by atoms with Crippen LogP contribution < -0.4 is 14.7 Å². The number of nitrogens with one attached hydrogen (secondary N) is 1. The van der Waals surface area contributed by atoms with E-state index in [-0.39, 0.29) is 23.2 Å². The van der Waals surface area contributed by atoms with Crippen LogP contribution in [0, 0.1) is 0 Å². The molecule has 1 N–H and O–H groups in total. The van der Waals surface area contributed by atoms with E-state index in [9.17, 15) is 13.2 Å². The lowest BCUT2D eigenvalue weighted by atomic mass is 9.98. The second-order valence-corrected chi connectivity index (χ2v) is 12.5. The van der Waals surface area contributed by atoms with Crippen LogP contribution in [0.3, 0.4) is 0 Å². The van der Waals surface area contributed by atoms with Gasteiger partial charge in [0.1, 0.15) is 5.82 Å². The second-order valence-electron chi connectivity index (χ2n) is 10.3. The van der Waals surface area contributed by atoms with Crippen LogP contribution in [0.5, 0.6) is 0 Å². The van der Waals surface area contributed by atoms with E-state index >= 15 is 0 Å². The Morgan fingerprint density at radius 3 is 2.62 bits per heavy atom. The van der Waals surface area contributed by atoms with Gasteiger partial charge in [-0.15, -0.1) is 0 Å². The number of sulfonamides is 1. The van der Waals surface area contributed by atoms with E-state index in [0.29, 0.717) is 37.0 Å². The minimum absolute atomic E-state index is 0.197. The van der Waals surface area contributed by atoms with E-state index in [2.05, 4.69) is 9.62 Å². The number of anilines is 3. The molecule has 40 heavy (non-hydrogen) atoms. The number of carbonyl (C=O) groups is 1. The number of hydrogen-bond donors (Lipinski definition) is 1. The second kappa shape index (κ2) is 11.0. The van der Waals surface area contributed by atoms with Gasteiger partial charge in [0.15, 0.2) is 11.5 Å². The predicted molar refractivity (Wildman–Crippen MR) is 151 cm³/mol. The van der Waals surface area contributed by atoms with Crippen molar-refractivity contribution >= 4 is 50.5 Å². The van der Waals surface area contributed by atoms with Gasteiger partial charge in [-0.25, -0.2) is 18.5 Å². The number of hydroxylamine groups is 1. The first-order valence-corrected chi connectivity index (χ1v) is 15.8. The average Bonchev–Trinajstić information content (AvgIpc) is 3.63. The molecule has 6 rings (SSSR count). The number of carbonyl (C=O) groups excluding carboxylic acids is 1. The fraction of sp³-hybridized carbons (Fsp3) is 0.500. The highest BCUT2D eigenvalue weighted by Crippen LogP contribution is 2.35. The van der Waals surface area contributed by atoms with Gasteiger partial charge in [-0.2, -0.15) is 9.61 Å². The number of benzene rings is 1. The molecule has 3 aromatic rings. The Morgan fingerprint density at radius 1 is 1.05 bits per heavy atom. The van der Waals surface area contributed by atoms with Crippen molar-refractivity contribution in [2.75, 3.05) is 66.9 Å². The number of piperidine rings is 1. The minimum atomic E-state index is -3.60. The number of ether oxygens (including phenoxy) is 1. The van der Waals surface area contributed by atoms with E-state index in [4.69, 9.17) is 31.3 Å². The zero-order valence-electron chi connectivity index (χ0n) is 22.3. The van der Waals surface area contributed by atoms with E-state index in [1.54, 1.807) is 11.0 Å². The molecule has 0 bridgehead atoms. The molecule has 3 aliphatic rings. The lowest BCUT2D eigenvalue weighted by Gasteiger charge is -2.35. The van der Waals surface area contributed by atoms with Crippen molar-refractivity contribution in [2.24, 2.45) is 0 Å². The van der Waals surface area contributed by atoms with Gasteiger partial charge in [0.2, 0.25) is 10.0 Å². The van der Waals surface area contributed by atoms with Crippen LogP contribution in [-0.2, 0) is 19.6 Å². The number of halogens is 1. The lowest BCUT2D eigenvalue weighted by Crippen LogP contribution is -2.39. The number of aromatic nitrogens is 3. The highest BCUT2D eigenvalue weighted by molar-refractivity contribution is 7.92. The maximum atomic E-state index is 13.9. The van der Waals surface area contributed by atoms with Crippen LogP contribution in [0.1, 0.15) is 47.8 Å². The van der Waals surface area contributed by atoms with Crippen LogP contribution in [0.4, 0.5) is 17.3 Å². The van der Waals surface area contributed by atoms with Crippen LogP contribution in [0.2, 0.25) is 5.02 Å². The smallest absolute Gasteiger partial charge is 0.256 e. The molecule has 0 spiro atoms. The first kappa shape index (κ1) is 27.1. The molecule has 1 amide bonds. The molecule has 214 valence electrons. The molecule has 0 unspecified atom stereocenters. The van der Waals surface area contributed by atoms with Crippen LogP contribution in [-0.4, -0.2) is 86.1 Å². The molecule has 3 saturated heterocycles. The molecule has 1 atom stereocenters. The summed E-state index contributed by atoms with van der Waals surface area (Å²) in [5.41, 5.74) is 1.80. The van der Waals surface area contributed by atoms with Gasteiger partial charge < -0.3 is 14.5 Å². The monoisotopic (exact) mass is 589 g/mol. The van der Waals surface area contributed by atoms with Gasteiger partial charge in [-0.3, -0.25) is 14.4 Å². The van der Waals surface area contributed by atoms with Gasteiger partial charge in [-0.05, 0) is 43.9 Å². The molecule has 14 heteroatoms. The molecule has 5 heterocycles. The number of fused-ring (bicyclic) bond motifs is 1. The first-order chi connectivity index (χ1) is 19.3. The number of amides is 1. The Morgan fingerprint density at radius 2 is 1.88 bits per heavy atom. The standard InChI is InChI=1S/C26H32ClN7O5S/c1-40(36,37)30-20-7-6-18(27)15-19(20)26(35)32-8-3-2-5-22(32)21-16-24-28-23(33-9-4-12-39-33)17-25(34(24)29-21)31-10-13-38-14-11-31/h6-7,15-17,22,30H,2-5,8-14H2,1H3/t22-/m0/s1. The summed E-state index contributed by atoms with van der Waals surface area (Å²) < 4.78 is 33.9. The third-order valence-electron chi connectivity index (χ3n) is 7.37. The maximum absolute atomic E-state index is 13.9. The molecular weight excluding hydrogens is 558 g/mol. The molecule has 12 nitrogen and oxygen atoms in total. The molecule has 3 aliphatic heterocycles. The van der Waals surface area contributed by atoms with Crippen molar-refractivity contribution in [3.05, 3.63) is 46.6 Å². The van der Waals surface area contributed by atoms with Crippen molar-refractivity contribution in [1.29, 1.82) is 0 Å². The summed E-state index contributed by atoms with van der Waals surface area (Å²) in [6.45, 7) is 4.65. The SMILES string of the molecule is CS(=O)(=O)Nc1ccc(Cl)cc1C(=O)N1CCCC[C@H]1c1cc2nc(N3CCCO3)cc(N3CCOCC3)n2n1. The summed E-state index contributed by atoms with van der Waals surface area (Å²) in [7, 11) is -3.60. The molecule has 0 radical (unpaired) electrons. The summed E-state index contributed by atoms with van der Waals surface area (Å²) >= 11 is 6.24. The first-order valence-electron chi connectivity index (χ1n) is 13.5. The Kier molecular flexibility index (Phi) is 7.46. The molecule has 2 aromatic heterocycles. The Bertz CT molecular complexity index is 1520. The summed E-state index contributed by atoms with van der Waals surface area (Å²) in [4.78, 5) is 28.6. The third kappa shape index (κ3) is 5.55. The summed E-state index contributed by atoms with van der Waals surface area (Å²) in [5.74, 6) is 1.32. The molecule has 3 fully saturated rings. The van der Waals surface area contributed by atoms with Crippen molar-refractivity contribution in [3.63, 3.8) is 0 Å². The van der Waals surface area contributed by atoms with E-state index in [1.807, 2.05) is 21.7 Å². The molecule has 0 aliphatic carbocycles. The molecule has 0 saturated carbocycles. The van der Waals surface area contributed by atoms with Gasteiger partial charge in [0.05, 0.1) is 49.1 Å². The topological polar surface area (TPSA) is 122 Å². The minimum Gasteiger partial charge on any atom is -0.378 e. The maximum Gasteiger partial charge on any atom is 0.256 e. The van der Waals surface area contributed by atoms with Gasteiger partial charge in [0.25, 0.3) is 5.91 Å². The Hall–Kier alpha value is -3.13. The van der Waals surface area contributed by atoms with Gasteiger partial charge >= 0.3 is 0 Å². The Balaban J connectivity index is 1.39. The van der Waals surface area contributed by atoms with Crippen molar-refractivity contribution < 1.29 is 22.8 Å². The highest BCUT2D eigenvalue weighted by Gasteiger charge is 2.33. The summed E-state index contributed by atoms with van der Waals surface area (Å²) in [6, 6.07) is 8.21. The number of likely N-dealkylation sites (tertiary alicyclic amines) is 1. The van der Waals surface area contributed by atoms with Crippen LogP contribution >= 0.6 is 11.6 Å². The average molecular weight is 590 g/mol. The number of rotatable bonds is 6. The van der Waals surface area contributed by atoms with Gasteiger partial charge in [0, 0.05) is 43.3 Å². The zero-order chi connectivity index (χ0) is 27.9. The normalized spacial score (nSPS) is 20.4. The van der Waals surface area contributed by atoms with Crippen LogP contribution in [0.25, 0.3) is 5.65 Å². The van der Waals surface area contributed by atoms with Gasteiger partial charge in [-0.1, -0.05) is 11.6 Å². The quantitative estimate of drug-likeness (QED) is 0.462. The van der Waals surface area contributed by atoms with Crippen molar-refractivity contribution in [3.8, 4) is 0 Å². The fourth-order valence-corrected chi connectivity index (χ4v) is 6.27. The largest absolute Gasteiger partial charge is 0.378 e. The zero-order valence-corrected chi connectivity index (χ0v) is 23.8. The van der Waals surface area contributed by atoms with E-state index in [0.717, 1.165) is 68.9 Å². The Labute approximate surface area is 237 Å². The summed E-state index contributed by atoms with van der Waals surface area (Å²) in [5, 5.41) is 7.15. The third-order valence-corrected chi connectivity index (χ3v) is 8.20. The molecule has 1 aromatic carbocycles. The summed E-state index contributed by atoms with van der Waals surface area (Å²) in [6.07, 6.45) is 4.47. The highest BCUT2D eigenvalue weighted by atomic mass is 35.5.